The van der Waals surface area contributed by atoms with Crippen molar-refractivity contribution in [3.63, 3.8) is 0 Å². The highest BCUT2D eigenvalue weighted by atomic mass is 19.4. The maximum atomic E-state index is 12.9. The van der Waals surface area contributed by atoms with Crippen molar-refractivity contribution in [3.05, 3.63) is 77.0 Å². The molecular weight excluding hydrogens is 427 g/mol. The van der Waals surface area contributed by atoms with Gasteiger partial charge in [0.2, 0.25) is 0 Å². The SMILES string of the molecule is N#Cc1cc(Oc2ccc(-c3cc([C@H](O)CO)cc(C(N)=O)n3)cc2)ccc1C(F)(F)F. The summed E-state index contributed by atoms with van der Waals surface area (Å²) in [7, 11) is 0. The monoisotopic (exact) mass is 443 g/mol. The molecule has 0 aliphatic carbocycles. The molecule has 2 aromatic carbocycles. The molecule has 0 unspecified atom stereocenters. The first kappa shape index (κ1) is 22.7. The van der Waals surface area contributed by atoms with Gasteiger partial charge in [-0.25, -0.2) is 4.98 Å². The fourth-order valence-corrected chi connectivity index (χ4v) is 2.88. The second kappa shape index (κ2) is 9.05. The molecule has 7 nitrogen and oxygen atoms in total. The van der Waals surface area contributed by atoms with Crippen LogP contribution in [-0.2, 0) is 6.18 Å². The standard InChI is InChI=1S/C22H16F3N3O4/c23-22(24,25)17-6-5-16(7-14(17)10-26)32-15-3-1-12(2-4-15)18-8-13(20(30)11-29)9-19(28-18)21(27)31/h1-9,20,29-30H,11H2,(H2,27,31)/t20-/m1/s1. The van der Waals surface area contributed by atoms with Crippen LogP contribution < -0.4 is 10.5 Å². The Hall–Kier alpha value is -3.94. The van der Waals surface area contributed by atoms with Crippen LogP contribution in [0.5, 0.6) is 11.5 Å². The summed E-state index contributed by atoms with van der Waals surface area (Å²) in [6.45, 7) is -0.563. The molecule has 3 aromatic rings. The number of hydrogen-bond acceptors (Lipinski definition) is 6. The van der Waals surface area contributed by atoms with Crippen LogP contribution in [0.2, 0.25) is 0 Å². The molecule has 0 saturated heterocycles. The highest BCUT2D eigenvalue weighted by Crippen LogP contribution is 2.35. The van der Waals surface area contributed by atoms with E-state index in [0.717, 1.165) is 18.2 Å². The number of primary amides is 1. The smallest absolute Gasteiger partial charge is 0.417 e. The number of aliphatic hydroxyl groups excluding tert-OH is 2. The van der Waals surface area contributed by atoms with Crippen LogP contribution in [0.3, 0.4) is 0 Å². The second-order valence-electron chi connectivity index (χ2n) is 6.68. The van der Waals surface area contributed by atoms with Gasteiger partial charge in [-0.3, -0.25) is 4.79 Å². The number of pyridine rings is 1. The zero-order chi connectivity index (χ0) is 23.5. The number of amides is 1. The highest BCUT2D eigenvalue weighted by Gasteiger charge is 2.33. The first-order valence-corrected chi connectivity index (χ1v) is 9.12. The topological polar surface area (TPSA) is 129 Å². The number of halogens is 3. The zero-order valence-electron chi connectivity index (χ0n) is 16.3. The Morgan fingerprint density at radius 2 is 1.78 bits per heavy atom. The van der Waals surface area contributed by atoms with Crippen molar-refractivity contribution >= 4 is 5.91 Å². The van der Waals surface area contributed by atoms with Gasteiger partial charge in [0.15, 0.2) is 0 Å². The Kier molecular flexibility index (Phi) is 6.43. The van der Waals surface area contributed by atoms with E-state index in [1.807, 2.05) is 0 Å². The number of carbonyl (C=O) groups excluding carboxylic acids is 1. The number of alkyl halides is 3. The molecule has 1 heterocycles. The molecule has 32 heavy (non-hydrogen) atoms. The molecule has 0 spiro atoms. The van der Waals surface area contributed by atoms with E-state index in [1.54, 1.807) is 12.1 Å². The highest BCUT2D eigenvalue weighted by molar-refractivity contribution is 5.91. The van der Waals surface area contributed by atoms with Crippen LogP contribution in [-0.4, -0.2) is 27.7 Å². The van der Waals surface area contributed by atoms with E-state index in [0.29, 0.717) is 11.3 Å². The van der Waals surface area contributed by atoms with Crippen LogP contribution in [0, 0.1) is 11.3 Å². The number of benzene rings is 2. The zero-order valence-corrected chi connectivity index (χ0v) is 16.3. The number of aromatic nitrogens is 1. The minimum atomic E-state index is -4.65. The van der Waals surface area contributed by atoms with E-state index in [4.69, 9.17) is 20.8 Å². The maximum absolute atomic E-state index is 12.9. The average Bonchev–Trinajstić information content (AvgIpc) is 2.77. The van der Waals surface area contributed by atoms with Crippen molar-refractivity contribution in [2.24, 2.45) is 5.73 Å². The second-order valence-corrected chi connectivity index (χ2v) is 6.68. The van der Waals surface area contributed by atoms with E-state index in [2.05, 4.69) is 4.98 Å². The van der Waals surface area contributed by atoms with Crippen LogP contribution >= 0.6 is 0 Å². The number of ether oxygens (including phenoxy) is 1. The molecule has 0 aliphatic heterocycles. The molecule has 0 radical (unpaired) electrons. The van der Waals surface area contributed by atoms with Gasteiger partial charge < -0.3 is 20.7 Å². The van der Waals surface area contributed by atoms with Crippen molar-refractivity contribution in [2.45, 2.75) is 12.3 Å². The largest absolute Gasteiger partial charge is 0.457 e. The quantitative estimate of drug-likeness (QED) is 0.534. The van der Waals surface area contributed by atoms with E-state index < -0.39 is 35.9 Å². The van der Waals surface area contributed by atoms with Crippen molar-refractivity contribution in [2.75, 3.05) is 6.61 Å². The summed E-state index contributed by atoms with van der Waals surface area (Å²) in [6.07, 6.45) is -5.88. The van der Waals surface area contributed by atoms with Gasteiger partial charge in [0.05, 0.1) is 29.5 Å². The minimum Gasteiger partial charge on any atom is -0.457 e. The summed E-state index contributed by atoms with van der Waals surface area (Å²) in [5.74, 6) is -0.489. The van der Waals surface area contributed by atoms with E-state index >= 15 is 0 Å². The molecule has 0 bridgehead atoms. The molecule has 164 valence electrons. The van der Waals surface area contributed by atoms with Crippen LogP contribution in [0.25, 0.3) is 11.3 Å². The van der Waals surface area contributed by atoms with Gasteiger partial charge >= 0.3 is 6.18 Å². The van der Waals surface area contributed by atoms with Gasteiger partial charge in [-0.1, -0.05) is 0 Å². The number of nitrogens with two attached hydrogens (primary N) is 1. The molecule has 1 aromatic heterocycles. The van der Waals surface area contributed by atoms with E-state index in [1.165, 1.54) is 30.3 Å². The van der Waals surface area contributed by atoms with Gasteiger partial charge in [0.1, 0.15) is 23.3 Å². The fraction of sp³-hybridized carbons (Fsp3) is 0.136. The number of nitrogens with zero attached hydrogens (tertiary/aromatic N) is 2. The first-order chi connectivity index (χ1) is 15.1. The summed E-state index contributed by atoms with van der Waals surface area (Å²) in [5, 5.41) is 28.1. The van der Waals surface area contributed by atoms with E-state index in [-0.39, 0.29) is 22.8 Å². The molecule has 0 fully saturated rings. The lowest BCUT2D eigenvalue weighted by Gasteiger charge is -2.12. The predicted molar refractivity (Wildman–Crippen MR) is 106 cm³/mol. The molecule has 1 amide bonds. The van der Waals surface area contributed by atoms with Gasteiger partial charge in [0, 0.05) is 5.56 Å². The number of aliphatic hydroxyl groups is 2. The third-order valence-corrected chi connectivity index (χ3v) is 4.46. The molecular formula is C22H16F3N3O4. The number of nitriles is 1. The lowest BCUT2D eigenvalue weighted by molar-refractivity contribution is -0.137. The lowest BCUT2D eigenvalue weighted by atomic mass is 10.0. The number of carbonyl (C=O) groups is 1. The molecule has 1 atom stereocenters. The summed E-state index contributed by atoms with van der Waals surface area (Å²) >= 11 is 0. The van der Waals surface area contributed by atoms with Gasteiger partial charge in [-0.2, -0.15) is 18.4 Å². The molecule has 0 saturated carbocycles. The normalized spacial score (nSPS) is 12.1. The number of rotatable bonds is 6. The first-order valence-electron chi connectivity index (χ1n) is 9.12. The van der Waals surface area contributed by atoms with Crippen molar-refractivity contribution in [1.29, 1.82) is 5.26 Å². The maximum Gasteiger partial charge on any atom is 0.417 e. The van der Waals surface area contributed by atoms with Crippen LogP contribution in [0.1, 0.15) is 33.3 Å². The van der Waals surface area contributed by atoms with Crippen molar-refractivity contribution < 1.29 is 32.9 Å². The molecule has 0 aliphatic rings. The predicted octanol–water partition coefficient (Wildman–Crippen LogP) is 3.56. The van der Waals surface area contributed by atoms with Crippen LogP contribution in [0.15, 0.2) is 54.6 Å². The lowest BCUT2D eigenvalue weighted by Crippen LogP contribution is -2.15. The third-order valence-electron chi connectivity index (χ3n) is 4.46. The summed E-state index contributed by atoms with van der Waals surface area (Å²) in [6, 6.07) is 13.3. The van der Waals surface area contributed by atoms with Gasteiger partial charge in [0.25, 0.3) is 5.91 Å². The average molecular weight is 443 g/mol. The summed E-state index contributed by atoms with van der Waals surface area (Å²) in [5.41, 5.74) is 4.65. The summed E-state index contributed by atoms with van der Waals surface area (Å²) < 4.78 is 44.3. The Morgan fingerprint density at radius 1 is 1.12 bits per heavy atom. The van der Waals surface area contributed by atoms with Gasteiger partial charge in [-0.05, 0) is 60.2 Å². The Labute approximate surface area is 180 Å². The van der Waals surface area contributed by atoms with Crippen LogP contribution in [0.4, 0.5) is 13.2 Å². The van der Waals surface area contributed by atoms with Crippen molar-refractivity contribution in [3.8, 4) is 28.8 Å². The van der Waals surface area contributed by atoms with Crippen molar-refractivity contribution in [1.82, 2.24) is 4.98 Å². The number of hydrogen-bond donors (Lipinski definition) is 3. The molecule has 4 N–H and O–H groups in total. The fourth-order valence-electron chi connectivity index (χ4n) is 2.88. The third kappa shape index (κ3) is 5.03. The Morgan fingerprint density at radius 3 is 2.34 bits per heavy atom. The van der Waals surface area contributed by atoms with Gasteiger partial charge in [-0.15, -0.1) is 0 Å². The van der Waals surface area contributed by atoms with E-state index in [9.17, 15) is 23.1 Å². The molecule has 3 rings (SSSR count). The molecule has 10 heteroatoms. The summed E-state index contributed by atoms with van der Waals surface area (Å²) in [4.78, 5) is 15.7. The minimum absolute atomic E-state index is 0.0458. The Bertz CT molecular complexity index is 1190. The Balaban J connectivity index is 1.88.